The Labute approximate surface area is 59.6 Å². The van der Waals surface area contributed by atoms with Crippen molar-refractivity contribution in [3.63, 3.8) is 0 Å². The van der Waals surface area contributed by atoms with Gasteiger partial charge in [-0.15, -0.1) is 11.8 Å². The van der Waals surface area contributed by atoms with Crippen molar-refractivity contribution in [1.82, 2.24) is 0 Å². The van der Waals surface area contributed by atoms with Crippen molar-refractivity contribution in [1.29, 1.82) is 0 Å². The van der Waals surface area contributed by atoms with E-state index >= 15 is 0 Å². The monoisotopic (exact) mass is 148 g/mol. The van der Waals surface area contributed by atoms with E-state index in [1.807, 2.05) is 13.8 Å². The quantitative estimate of drug-likeness (QED) is 0.597. The number of aliphatic hydroxyl groups is 1. The van der Waals surface area contributed by atoms with Gasteiger partial charge in [0.1, 0.15) is 4.93 Å². The van der Waals surface area contributed by atoms with Crippen LogP contribution in [0.3, 0.4) is 0 Å². The van der Waals surface area contributed by atoms with Crippen LogP contribution in [-0.4, -0.2) is 28.5 Å². The second kappa shape index (κ2) is 2.48. The number of rotatable bonds is 1. The lowest BCUT2D eigenvalue weighted by molar-refractivity contribution is -0.0130. The SMILES string of the molecule is CC1(C)OC(CO)CS1. The minimum absolute atomic E-state index is 0.0602. The van der Waals surface area contributed by atoms with Gasteiger partial charge in [-0.2, -0.15) is 0 Å². The molecule has 0 bridgehead atoms. The minimum atomic E-state index is -0.0760. The highest BCUT2D eigenvalue weighted by molar-refractivity contribution is 8.00. The van der Waals surface area contributed by atoms with Crippen LogP contribution in [0.5, 0.6) is 0 Å². The molecule has 1 N–H and O–H groups in total. The van der Waals surface area contributed by atoms with Crippen molar-refractivity contribution in [2.45, 2.75) is 24.9 Å². The Morgan fingerprint density at radius 2 is 2.44 bits per heavy atom. The van der Waals surface area contributed by atoms with Crippen LogP contribution in [0.25, 0.3) is 0 Å². The highest BCUT2D eigenvalue weighted by Crippen LogP contribution is 2.34. The smallest absolute Gasteiger partial charge is 0.108 e. The molecule has 0 amide bonds. The highest BCUT2D eigenvalue weighted by atomic mass is 32.2. The van der Waals surface area contributed by atoms with E-state index in [0.717, 1.165) is 5.75 Å². The van der Waals surface area contributed by atoms with E-state index in [1.54, 1.807) is 11.8 Å². The molecule has 3 heteroatoms. The van der Waals surface area contributed by atoms with Gasteiger partial charge in [0, 0.05) is 5.75 Å². The molecule has 9 heavy (non-hydrogen) atoms. The van der Waals surface area contributed by atoms with Crippen molar-refractivity contribution >= 4 is 11.8 Å². The first kappa shape index (κ1) is 7.38. The van der Waals surface area contributed by atoms with Crippen molar-refractivity contribution in [2.24, 2.45) is 0 Å². The molecule has 0 spiro atoms. The number of hydrogen-bond donors (Lipinski definition) is 1. The number of thioether (sulfide) groups is 1. The molecule has 0 aromatic heterocycles. The number of hydrogen-bond acceptors (Lipinski definition) is 3. The summed E-state index contributed by atoms with van der Waals surface area (Å²) in [5.41, 5.74) is 0. The molecule has 0 aromatic rings. The van der Waals surface area contributed by atoms with Crippen molar-refractivity contribution in [2.75, 3.05) is 12.4 Å². The molecule has 1 aliphatic rings. The summed E-state index contributed by atoms with van der Waals surface area (Å²) in [4.78, 5) is -0.0760. The Morgan fingerprint density at radius 1 is 1.78 bits per heavy atom. The van der Waals surface area contributed by atoms with Gasteiger partial charge in [-0.05, 0) is 13.8 Å². The molecule has 1 heterocycles. The fourth-order valence-corrected chi connectivity index (χ4v) is 1.82. The summed E-state index contributed by atoms with van der Waals surface area (Å²) in [6.45, 7) is 4.19. The molecule has 0 saturated carbocycles. The van der Waals surface area contributed by atoms with Gasteiger partial charge in [-0.1, -0.05) is 0 Å². The van der Waals surface area contributed by atoms with Crippen LogP contribution in [0.1, 0.15) is 13.8 Å². The molecule has 0 aliphatic carbocycles. The lowest BCUT2D eigenvalue weighted by Gasteiger charge is -2.16. The van der Waals surface area contributed by atoms with E-state index < -0.39 is 0 Å². The number of ether oxygens (including phenoxy) is 1. The lowest BCUT2D eigenvalue weighted by atomic mass is 10.4. The highest BCUT2D eigenvalue weighted by Gasteiger charge is 2.31. The molecule has 2 nitrogen and oxygen atoms in total. The maximum Gasteiger partial charge on any atom is 0.108 e. The second-order valence-corrected chi connectivity index (χ2v) is 4.24. The van der Waals surface area contributed by atoms with Crippen molar-refractivity contribution in [3.05, 3.63) is 0 Å². The van der Waals surface area contributed by atoms with E-state index in [0.29, 0.717) is 0 Å². The molecular weight excluding hydrogens is 136 g/mol. The van der Waals surface area contributed by atoms with E-state index in [1.165, 1.54) is 0 Å². The Morgan fingerprint density at radius 3 is 2.67 bits per heavy atom. The largest absolute Gasteiger partial charge is 0.394 e. The molecular formula is C6H12O2S. The van der Waals surface area contributed by atoms with Crippen LogP contribution < -0.4 is 0 Å². The molecule has 1 aliphatic heterocycles. The maximum atomic E-state index is 8.66. The summed E-state index contributed by atoms with van der Waals surface area (Å²) in [6.07, 6.45) is 0.0602. The average Bonchev–Trinajstić information content (AvgIpc) is 2.10. The van der Waals surface area contributed by atoms with Gasteiger partial charge in [-0.3, -0.25) is 0 Å². The summed E-state index contributed by atoms with van der Waals surface area (Å²) in [7, 11) is 0. The predicted molar refractivity (Wildman–Crippen MR) is 38.5 cm³/mol. The second-order valence-electron chi connectivity index (χ2n) is 2.63. The zero-order valence-corrected chi connectivity index (χ0v) is 6.57. The number of aliphatic hydroxyl groups excluding tert-OH is 1. The summed E-state index contributed by atoms with van der Waals surface area (Å²) >= 11 is 1.75. The van der Waals surface area contributed by atoms with E-state index in [4.69, 9.17) is 9.84 Å². The van der Waals surface area contributed by atoms with Gasteiger partial charge >= 0.3 is 0 Å². The van der Waals surface area contributed by atoms with Crippen LogP contribution in [0.15, 0.2) is 0 Å². The first-order valence-electron chi connectivity index (χ1n) is 3.07. The van der Waals surface area contributed by atoms with Crippen LogP contribution >= 0.6 is 11.8 Å². The molecule has 1 fully saturated rings. The Bertz CT molecular complexity index is 103. The normalized spacial score (nSPS) is 33.0. The van der Waals surface area contributed by atoms with Crippen LogP contribution in [-0.2, 0) is 4.74 Å². The zero-order chi connectivity index (χ0) is 6.91. The Hall–Kier alpha value is 0.270. The third kappa shape index (κ3) is 1.85. The first-order valence-corrected chi connectivity index (χ1v) is 4.05. The van der Waals surface area contributed by atoms with E-state index in [9.17, 15) is 0 Å². The zero-order valence-electron chi connectivity index (χ0n) is 5.76. The van der Waals surface area contributed by atoms with Crippen molar-refractivity contribution in [3.8, 4) is 0 Å². The molecule has 1 rings (SSSR count). The van der Waals surface area contributed by atoms with Crippen LogP contribution in [0, 0.1) is 0 Å². The van der Waals surface area contributed by atoms with Crippen LogP contribution in [0.2, 0.25) is 0 Å². The molecule has 0 radical (unpaired) electrons. The third-order valence-electron chi connectivity index (χ3n) is 1.27. The van der Waals surface area contributed by atoms with E-state index in [-0.39, 0.29) is 17.6 Å². The molecule has 1 saturated heterocycles. The van der Waals surface area contributed by atoms with E-state index in [2.05, 4.69) is 0 Å². The topological polar surface area (TPSA) is 29.5 Å². The molecule has 0 aromatic carbocycles. The average molecular weight is 148 g/mol. The fraction of sp³-hybridized carbons (Fsp3) is 1.00. The first-order chi connectivity index (χ1) is 4.14. The van der Waals surface area contributed by atoms with Gasteiger partial charge < -0.3 is 9.84 Å². The lowest BCUT2D eigenvalue weighted by Crippen LogP contribution is -2.21. The third-order valence-corrected chi connectivity index (χ3v) is 2.60. The van der Waals surface area contributed by atoms with Gasteiger partial charge in [0.15, 0.2) is 0 Å². The van der Waals surface area contributed by atoms with Gasteiger partial charge in [0.05, 0.1) is 12.7 Å². The summed E-state index contributed by atoms with van der Waals surface area (Å²) in [6, 6.07) is 0. The van der Waals surface area contributed by atoms with Gasteiger partial charge in [-0.25, -0.2) is 0 Å². The summed E-state index contributed by atoms with van der Waals surface area (Å²) in [5, 5.41) is 8.66. The maximum absolute atomic E-state index is 8.66. The molecule has 1 unspecified atom stereocenters. The predicted octanol–water partition coefficient (Wildman–Crippen LogP) is 0.847. The standard InChI is InChI=1S/C6H12O2S/c1-6(2)8-5(3-7)4-9-6/h5,7H,3-4H2,1-2H3. The minimum Gasteiger partial charge on any atom is -0.394 e. The van der Waals surface area contributed by atoms with Crippen molar-refractivity contribution < 1.29 is 9.84 Å². The van der Waals surface area contributed by atoms with Gasteiger partial charge in [0.25, 0.3) is 0 Å². The molecule has 54 valence electrons. The molecule has 1 atom stereocenters. The summed E-state index contributed by atoms with van der Waals surface area (Å²) < 4.78 is 5.41. The van der Waals surface area contributed by atoms with Crippen LogP contribution in [0.4, 0.5) is 0 Å². The fourth-order valence-electron chi connectivity index (χ4n) is 0.853. The van der Waals surface area contributed by atoms with Gasteiger partial charge in [0.2, 0.25) is 0 Å². The Balaban J connectivity index is 2.38. The Kier molecular flexibility index (Phi) is 2.03. The summed E-state index contributed by atoms with van der Waals surface area (Å²) in [5.74, 6) is 0.920.